The number of sulfonamides is 1. The van der Waals surface area contributed by atoms with Crippen LogP contribution in [0.3, 0.4) is 0 Å². The molecule has 12 heteroatoms. The van der Waals surface area contributed by atoms with Gasteiger partial charge in [-0.1, -0.05) is 38.2 Å². The van der Waals surface area contributed by atoms with Crippen molar-refractivity contribution in [2.45, 2.75) is 128 Å². The lowest BCUT2D eigenvalue weighted by Gasteiger charge is -2.38. The Morgan fingerprint density at radius 1 is 0.964 bits per heavy atom. The number of benzene rings is 2. The zero-order valence-electron chi connectivity index (χ0n) is 32.8. The summed E-state index contributed by atoms with van der Waals surface area (Å²) in [4.78, 5) is 15.7. The van der Waals surface area contributed by atoms with Crippen LogP contribution in [0.15, 0.2) is 42.6 Å². The van der Waals surface area contributed by atoms with Crippen molar-refractivity contribution in [3.63, 3.8) is 0 Å². The molecule has 2 aromatic heterocycles. The van der Waals surface area contributed by atoms with E-state index in [1.54, 1.807) is 27.0 Å². The molecule has 0 bridgehead atoms. The number of nitrogens with one attached hydrogen (secondary N) is 1. The van der Waals surface area contributed by atoms with Crippen LogP contribution in [0.4, 0.5) is 0 Å². The Kier molecular flexibility index (Phi) is 10.5. The van der Waals surface area contributed by atoms with Gasteiger partial charge in [-0.3, -0.25) is 14.4 Å². The summed E-state index contributed by atoms with van der Waals surface area (Å²) in [5.41, 5.74) is 8.35. The van der Waals surface area contributed by atoms with Crippen molar-refractivity contribution in [2.24, 2.45) is 0 Å². The Balaban J connectivity index is 1.35. The first-order chi connectivity index (χ1) is 26.4. The van der Waals surface area contributed by atoms with Crippen LogP contribution in [0.1, 0.15) is 136 Å². The lowest BCUT2D eigenvalue weighted by molar-refractivity contribution is -0.121. The van der Waals surface area contributed by atoms with Crippen molar-refractivity contribution in [3.8, 4) is 17.0 Å². The monoisotopic (exact) mass is 769 g/mol. The molecule has 11 nitrogen and oxygen atoms in total. The third-order valence-corrected chi connectivity index (χ3v) is 14.0. The molecular weight excluding hydrogens is 715 g/mol. The predicted molar refractivity (Wildman–Crippen MR) is 215 cm³/mol. The minimum Gasteiger partial charge on any atom is -0.497 e. The number of hydrogen-bond acceptors (Lipinski definition) is 8. The molecule has 55 heavy (non-hydrogen) atoms. The Labute approximate surface area is 324 Å². The molecule has 4 heterocycles. The summed E-state index contributed by atoms with van der Waals surface area (Å²) in [6, 6.07) is 12.1. The van der Waals surface area contributed by atoms with Gasteiger partial charge in [0.2, 0.25) is 10.0 Å². The second kappa shape index (κ2) is 15.2. The summed E-state index contributed by atoms with van der Waals surface area (Å²) >= 11 is 0. The molecule has 2 aromatic carbocycles. The molecule has 0 spiro atoms. The van der Waals surface area contributed by atoms with E-state index in [-0.39, 0.29) is 18.2 Å². The van der Waals surface area contributed by atoms with Crippen LogP contribution < -0.4 is 9.46 Å². The molecule has 4 aliphatic rings. The summed E-state index contributed by atoms with van der Waals surface area (Å²) in [6.07, 6.45) is 13.2. The van der Waals surface area contributed by atoms with Gasteiger partial charge in [0, 0.05) is 40.7 Å². The number of carbonyl (C=O) groups excluding carboxylic acids is 1. The second-order valence-corrected chi connectivity index (χ2v) is 18.7. The average Bonchev–Trinajstić information content (AvgIpc) is 3.90. The van der Waals surface area contributed by atoms with E-state index in [0.717, 1.165) is 102 Å². The fourth-order valence-electron chi connectivity index (χ4n) is 9.57. The molecular formula is C43H55N5O6S. The SMILES string of the molecule is COc1ccc2c(c1)C=C(c1c(C(O)N3C[C@@H](C)O[C@@H](C)C3)cnn1C1CCCC1)Cn1c-2c(C2CCCCC2)c2ccc(C(=O)NS(=O)(=O)C(C)C)cc21. The fraction of sp³-hybridized carbons (Fsp3) is 0.535. The number of ether oxygens (including phenoxy) is 2. The standard InChI is InChI=1S/C43H55N5O6S/c1-26(2)55(51,52)45-42(49)30-15-17-36-38(21-30)47-25-32(19-31-20-34(53-5)16-18-35(31)41(47)39(36)29-11-7-6-8-12-29)40-37(22-44-48(40)33-13-9-10-14-33)43(50)46-23-27(3)54-28(4)24-46/h15-22,26-29,33,43,50H,6-14,23-25H2,1-5H3,(H,45,49)/t27-,28+,43?. The third kappa shape index (κ3) is 7.15. The number of aliphatic hydroxyl groups is 1. The minimum absolute atomic E-state index is 0.0166. The number of aromatic nitrogens is 3. The van der Waals surface area contributed by atoms with E-state index in [1.165, 1.54) is 12.0 Å². The summed E-state index contributed by atoms with van der Waals surface area (Å²) in [5.74, 6) is 0.444. The summed E-state index contributed by atoms with van der Waals surface area (Å²) in [7, 11) is -2.15. The number of methoxy groups -OCH3 is 1. The van der Waals surface area contributed by atoms with Crippen LogP contribution in [-0.4, -0.2) is 76.3 Å². The Hall–Kier alpha value is -3.97. The van der Waals surface area contributed by atoms with Gasteiger partial charge in [-0.05, 0) is 112 Å². The van der Waals surface area contributed by atoms with Gasteiger partial charge >= 0.3 is 0 Å². The normalized spacial score (nSPS) is 22.0. The molecule has 8 rings (SSSR count). The predicted octanol–water partition coefficient (Wildman–Crippen LogP) is 7.80. The molecule has 3 atom stereocenters. The Morgan fingerprint density at radius 2 is 1.67 bits per heavy atom. The van der Waals surface area contributed by atoms with Gasteiger partial charge in [0.15, 0.2) is 0 Å². The van der Waals surface area contributed by atoms with E-state index in [4.69, 9.17) is 14.6 Å². The van der Waals surface area contributed by atoms with Gasteiger partial charge in [-0.15, -0.1) is 0 Å². The van der Waals surface area contributed by atoms with E-state index in [2.05, 4.69) is 37.1 Å². The minimum atomic E-state index is -3.83. The highest BCUT2D eigenvalue weighted by Gasteiger charge is 2.36. The first-order valence-corrected chi connectivity index (χ1v) is 21.7. The van der Waals surface area contributed by atoms with Crippen LogP contribution in [0.25, 0.3) is 33.8 Å². The van der Waals surface area contributed by atoms with E-state index in [0.29, 0.717) is 31.1 Å². The van der Waals surface area contributed by atoms with Crippen molar-refractivity contribution in [1.82, 2.24) is 24.0 Å². The number of morpholine rings is 1. The topological polar surface area (TPSA) is 128 Å². The van der Waals surface area contributed by atoms with Crippen molar-refractivity contribution in [2.75, 3.05) is 20.2 Å². The van der Waals surface area contributed by atoms with Crippen LogP contribution >= 0.6 is 0 Å². The number of rotatable bonds is 9. The highest BCUT2D eigenvalue weighted by Crippen LogP contribution is 2.49. The Morgan fingerprint density at radius 3 is 2.36 bits per heavy atom. The summed E-state index contributed by atoms with van der Waals surface area (Å²) in [6.45, 7) is 8.88. The van der Waals surface area contributed by atoms with Crippen molar-refractivity contribution < 1.29 is 27.8 Å². The van der Waals surface area contributed by atoms with E-state index < -0.39 is 27.4 Å². The number of amides is 1. The van der Waals surface area contributed by atoms with Gasteiger partial charge in [-0.25, -0.2) is 13.1 Å². The quantitative estimate of drug-likeness (QED) is 0.177. The molecule has 1 amide bonds. The maximum Gasteiger partial charge on any atom is 0.264 e. The lowest BCUT2D eigenvalue weighted by atomic mass is 9.81. The summed E-state index contributed by atoms with van der Waals surface area (Å²) in [5, 5.41) is 17.6. The molecule has 1 unspecified atom stereocenters. The molecule has 0 radical (unpaired) electrons. The largest absolute Gasteiger partial charge is 0.497 e. The van der Waals surface area contributed by atoms with Gasteiger partial charge in [0.1, 0.15) is 12.0 Å². The molecule has 2 saturated carbocycles. The number of fused-ring (bicyclic) bond motifs is 5. The first-order valence-electron chi connectivity index (χ1n) is 20.2. The van der Waals surface area contributed by atoms with Crippen molar-refractivity contribution >= 4 is 38.5 Å². The zero-order chi connectivity index (χ0) is 38.6. The number of allylic oxidation sites excluding steroid dienone is 1. The molecule has 2 N–H and O–H groups in total. The maximum atomic E-state index is 13.6. The fourth-order valence-corrected chi connectivity index (χ4v) is 10.2. The van der Waals surface area contributed by atoms with Crippen molar-refractivity contribution in [3.05, 3.63) is 70.5 Å². The Bertz CT molecular complexity index is 2220. The van der Waals surface area contributed by atoms with Gasteiger partial charge < -0.3 is 19.1 Å². The zero-order valence-corrected chi connectivity index (χ0v) is 33.6. The van der Waals surface area contributed by atoms with Crippen molar-refractivity contribution in [1.29, 1.82) is 0 Å². The number of aliphatic hydroxyl groups excluding tert-OH is 1. The number of carbonyl (C=O) groups is 1. The highest BCUT2D eigenvalue weighted by atomic mass is 32.2. The molecule has 4 aromatic rings. The number of nitrogens with zero attached hydrogens (tertiary/aromatic N) is 4. The van der Waals surface area contributed by atoms with E-state index in [1.807, 2.05) is 38.2 Å². The van der Waals surface area contributed by atoms with Crippen LogP contribution in [0, 0.1) is 0 Å². The van der Waals surface area contributed by atoms with Crippen LogP contribution in [-0.2, 0) is 21.3 Å². The number of hydrogen-bond donors (Lipinski definition) is 2. The average molecular weight is 770 g/mol. The van der Waals surface area contributed by atoms with Crippen LogP contribution in [0.5, 0.6) is 5.75 Å². The highest BCUT2D eigenvalue weighted by molar-refractivity contribution is 7.90. The van der Waals surface area contributed by atoms with Crippen LogP contribution in [0.2, 0.25) is 0 Å². The molecule has 2 aliphatic heterocycles. The molecule has 294 valence electrons. The molecule has 3 fully saturated rings. The van der Waals surface area contributed by atoms with Gasteiger partial charge in [-0.2, -0.15) is 5.10 Å². The molecule has 2 aliphatic carbocycles. The first kappa shape index (κ1) is 37.9. The van der Waals surface area contributed by atoms with Gasteiger partial charge in [0.25, 0.3) is 5.91 Å². The summed E-state index contributed by atoms with van der Waals surface area (Å²) < 4.78 is 44.3. The lowest BCUT2D eigenvalue weighted by Crippen LogP contribution is -2.47. The second-order valence-electron chi connectivity index (χ2n) is 16.5. The van der Waals surface area contributed by atoms with E-state index in [9.17, 15) is 18.3 Å². The maximum absolute atomic E-state index is 13.6. The van der Waals surface area contributed by atoms with Gasteiger partial charge in [0.05, 0.1) is 54.7 Å². The third-order valence-electron chi connectivity index (χ3n) is 12.3. The molecule has 1 saturated heterocycles. The smallest absolute Gasteiger partial charge is 0.264 e. The van der Waals surface area contributed by atoms with E-state index >= 15 is 0 Å².